The largest absolute Gasteiger partial charge is 0.447 e. The van der Waals surface area contributed by atoms with Gasteiger partial charge in [-0.2, -0.15) is 0 Å². The molecule has 2 fully saturated rings. The van der Waals surface area contributed by atoms with Crippen molar-refractivity contribution in [2.45, 2.75) is 24.3 Å². The molecule has 2 aliphatic heterocycles. The minimum Gasteiger partial charge on any atom is -0.447 e. The van der Waals surface area contributed by atoms with Crippen molar-refractivity contribution in [3.05, 3.63) is 0 Å². The van der Waals surface area contributed by atoms with Crippen LogP contribution in [-0.4, -0.2) is 58.6 Å². The van der Waals surface area contributed by atoms with Gasteiger partial charge in [-0.05, 0) is 0 Å². The maximum absolute atomic E-state index is 11.1. The summed E-state index contributed by atoms with van der Waals surface area (Å²) in [5, 5.41) is 19.0. The monoisotopic (exact) mass is 188 g/mol. The topological polar surface area (TPSA) is 96.0 Å². The van der Waals surface area contributed by atoms with E-state index in [1.807, 2.05) is 0 Å². The van der Waals surface area contributed by atoms with E-state index < -0.39 is 30.4 Å². The predicted molar refractivity (Wildman–Crippen MR) is 41.8 cm³/mol. The summed E-state index contributed by atoms with van der Waals surface area (Å²) in [6, 6.07) is -0.953. The Morgan fingerprint density at radius 3 is 2.85 bits per heavy atom. The van der Waals surface area contributed by atoms with Crippen LogP contribution in [-0.2, 0) is 4.74 Å². The summed E-state index contributed by atoms with van der Waals surface area (Å²) in [7, 11) is 0. The maximum Gasteiger partial charge on any atom is 0.410 e. The van der Waals surface area contributed by atoms with Crippen molar-refractivity contribution in [2.24, 2.45) is 5.73 Å². The lowest BCUT2D eigenvalue weighted by molar-refractivity contribution is 0.0198. The molecule has 0 aromatic rings. The third-order valence-corrected chi connectivity index (χ3v) is 2.68. The summed E-state index contributed by atoms with van der Waals surface area (Å²) in [5.41, 5.74) is 5.38. The van der Waals surface area contributed by atoms with Gasteiger partial charge in [0.25, 0.3) is 0 Å². The number of hydrogen-bond donors (Lipinski definition) is 3. The summed E-state index contributed by atoms with van der Waals surface area (Å²) in [6.45, 7) is 0.261. The van der Waals surface area contributed by atoms with Gasteiger partial charge in [-0.25, -0.2) is 4.79 Å². The molecule has 0 aromatic heterocycles. The summed E-state index contributed by atoms with van der Waals surface area (Å²) < 4.78 is 4.73. The number of cyclic esters (lactones) is 1. The molecule has 0 bridgehead atoms. The Balaban J connectivity index is 2.25. The van der Waals surface area contributed by atoms with Crippen molar-refractivity contribution >= 4 is 6.09 Å². The van der Waals surface area contributed by atoms with Crippen LogP contribution in [0.4, 0.5) is 4.79 Å². The zero-order valence-electron chi connectivity index (χ0n) is 6.96. The van der Waals surface area contributed by atoms with Gasteiger partial charge in [0.1, 0.15) is 18.8 Å². The van der Waals surface area contributed by atoms with Crippen LogP contribution < -0.4 is 5.73 Å². The molecule has 2 heterocycles. The van der Waals surface area contributed by atoms with E-state index in [1.165, 1.54) is 4.90 Å². The number of nitrogens with two attached hydrogens (primary N) is 1. The van der Waals surface area contributed by atoms with Gasteiger partial charge in [-0.3, -0.25) is 4.90 Å². The first-order chi connectivity index (χ1) is 6.16. The van der Waals surface area contributed by atoms with Gasteiger partial charge in [-0.15, -0.1) is 0 Å². The van der Waals surface area contributed by atoms with Crippen molar-refractivity contribution in [1.29, 1.82) is 0 Å². The van der Waals surface area contributed by atoms with E-state index in [-0.39, 0.29) is 13.2 Å². The Morgan fingerprint density at radius 2 is 2.23 bits per heavy atom. The van der Waals surface area contributed by atoms with Crippen LogP contribution in [0.15, 0.2) is 0 Å². The molecule has 2 aliphatic rings. The van der Waals surface area contributed by atoms with Crippen molar-refractivity contribution in [1.82, 2.24) is 4.90 Å². The number of nitrogens with zero attached hydrogens (tertiary/aromatic N) is 1. The smallest absolute Gasteiger partial charge is 0.410 e. The first-order valence-corrected chi connectivity index (χ1v) is 4.18. The number of aliphatic hydroxyl groups excluding tert-OH is 2. The van der Waals surface area contributed by atoms with Crippen molar-refractivity contribution < 1.29 is 19.7 Å². The predicted octanol–water partition coefficient (Wildman–Crippen LogP) is -2.13. The van der Waals surface area contributed by atoms with Gasteiger partial charge in [-0.1, -0.05) is 0 Å². The van der Waals surface area contributed by atoms with Crippen LogP contribution in [0, 0.1) is 0 Å². The number of carbonyl (C=O) groups is 1. The Kier molecular flexibility index (Phi) is 1.90. The van der Waals surface area contributed by atoms with Crippen LogP contribution in [0.3, 0.4) is 0 Å². The molecule has 0 radical (unpaired) electrons. The highest BCUT2D eigenvalue weighted by molar-refractivity contribution is 5.71. The highest BCUT2D eigenvalue weighted by atomic mass is 16.6. The summed E-state index contributed by atoms with van der Waals surface area (Å²) in [6.07, 6.45) is -2.40. The van der Waals surface area contributed by atoms with Crippen LogP contribution in [0.5, 0.6) is 0 Å². The van der Waals surface area contributed by atoms with Crippen LogP contribution >= 0.6 is 0 Å². The highest BCUT2D eigenvalue weighted by Gasteiger charge is 2.53. The van der Waals surface area contributed by atoms with Gasteiger partial charge in [0.15, 0.2) is 0 Å². The Morgan fingerprint density at radius 1 is 1.54 bits per heavy atom. The molecule has 13 heavy (non-hydrogen) atoms. The second-order valence-electron chi connectivity index (χ2n) is 3.34. The molecule has 2 rings (SSSR count). The number of fused-ring (bicyclic) bond motifs is 1. The zero-order chi connectivity index (χ0) is 9.59. The fourth-order valence-electron chi connectivity index (χ4n) is 1.96. The number of amides is 1. The molecule has 6 nitrogen and oxygen atoms in total. The lowest BCUT2D eigenvalue weighted by Crippen LogP contribution is -2.43. The third-order valence-electron chi connectivity index (χ3n) is 2.68. The van der Waals surface area contributed by atoms with Gasteiger partial charge in [0, 0.05) is 6.54 Å². The highest BCUT2D eigenvalue weighted by Crippen LogP contribution is 2.29. The van der Waals surface area contributed by atoms with Crippen molar-refractivity contribution in [3.63, 3.8) is 0 Å². The molecule has 74 valence electrons. The normalized spacial score (nSPS) is 43.6. The quantitative estimate of drug-likeness (QED) is 0.437. The fourth-order valence-corrected chi connectivity index (χ4v) is 1.96. The second-order valence-corrected chi connectivity index (χ2v) is 3.34. The van der Waals surface area contributed by atoms with Crippen molar-refractivity contribution in [2.75, 3.05) is 13.2 Å². The molecule has 0 aromatic carbocycles. The van der Waals surface area contributed by atoms with Gasteiger partial charge >= 0.3 is 6.09 Å². The molecule has 0 aliphatic carbocycles. The first-order valence-electron chi connectivity index (χ1n) is 4.18. The summed E-state index contributed by atoms with van der Waals surface area (Å²) in [5.74, 6) is 0. The number of aliphatic hydroxyl groups is 2. The van der Waals surface area contributed by atoms with E-state index in [9.17, 15) is 15.0 Å². The molecule has 0 saturated carbocycles. The van der Waals surface area contributed by atoms with E-state index in [4.69, 9.17) is 10.5 Å². The minimum atomic E-state index is -0.956. The van der Waals surface area contributed by atoms with Crippen LogP contribution in [0.1, 0.15) is 0 Å². The zero-order valence-corrected chi connectivity index (χ0v) is 6.96. The fraction of sp³-hybridized carbons (Fsp3) is 0.857. The molecule has 0 spiro atoms. The molecular weight excluding hydrogens is 176 g/mol. The standard InChI is InChI=1S/C7H12N2O4/c8-1-3-5(10)6(11)4-2-13-7(12)9(3)4/h3-6,10-11H,1-2,8H2/t3-,4-,5-,6-/m1/s1. The number of hydrogen-bond acceptors (Lipinski definition) is 5. The van der Waals surface area contributed by atoms with E-state index in [1.54, 1.807) is 0 Å². The van der Waals surface area contributed by atoms with Crippen LogP contribution in [0.2, 0.25) is 0 Å². The molecule has 0 unspecified atom stereocenters. The van der Waals surface area contributed by atoms with E-state index in [0.29, 0.717) is 0 Å². The van der Waals surface area contributed by atoms with Gasteiger partial charge in [0.2, 0.25) is 0 Å². The second kappa shape index (κ2) is 2.83. The van der Waals surface area contributed by atoms with E-state index in [2.05, 4.69) is 0 Å². The SMILES string of the molecule is NC[C@@H]1[C@@H](O)[C@H](O)[C@H]2COC(=O)N12. The van der Waals surface area contributed by atoms with Crippen LogP contribution in [0.25, 0.3) is 0 Å². The van der Waals surface area contributed by atoms with Gasteiger partial charge in [0.05, 0.1) is 12.1 Å². The average molecular weight is 188 g/mol. The number of ether oxygens (including phenoxy) is 1. The maximum atomic E-state index is 11.1. The average Bonchev–Trinajstić information content (AvgIpc) is 2.58. The van der Waals surface area contributed by atoms with Gasteiger partial charge < -0.3 is 20.7 Å². The van der Waals surface area contributed by atoms with E-state index in [0.717, 1.165) is 0 Å². The Hall–Kier alpha value is -0.850. The lowest BCUT2D eigenvalue weighted by atomic mass is 10.1. The summed E-state index contributed by atoms with van der Waals surface area (Å²) >= 11 is 0. The Labute approximate surface area is 74.9 Å². The molecule has 6 heteroatoms. The minimum absolute atomic E-state index is 0.129. The molecule has 4 atom stereocenters. The molecular formula is C7H12N2O4. The Bertz CT molecular complexity index is 233. The molecule has 1 amide bonds. The first kappa shape index (κ1) is 8.74. The van der Waals surface area contributed by atoms with Crippen molar-refractivity contribution in [3.8, 4) is 0 Å². The number of carbonyl (C=O) groups excluding carboxylic acids is 1. The third kappa shape index (κ3) is 1.03. The summed E-state index contributed by atoms with van der Waals surface area (Å²) in [4.78, 5) is 12.5. The lowest BCUT2D eigenvalue weighted by Gasteiger charge is -2.20. The van der Waals surface area contributed by atoms with E-state index >= 15 is 0 Å². The number of rotatable bonds is 1. The molecule has 4 N–H and O–H groups in total. The molecule has 2 saturated heterocycles.